The van der Waals surface area contributed by atoms with E-state index in [4.69, 9.17) is 0 Å². The van der Waals surface area contributed by atoms with E-state index in [9.17, 15) is 22.8 Å². The first-order valence-corrected chi connectivity index (χ1v) is 12.1. The molecule has 0 bridgehead atoms. The van der Waals surface area contributed by atoms with Crippen LogP contribution in [0.2, 0.25) is 0 Å². The number of nitrogens with zero attached hydrogens (tertiary/aromatic N) is 2. The molecule has 5 atom stereocenters. The molecule has 9 heteroatoms. The van der Waals surface area contributed by atoms with E-state index in [1.807, 2.05) is 0 Å². The molecular weight excluding hydrogens is 457 g/mol. The van der Waals surface area contributed by atoms with Crippen LogP contribution in [0, 0.1) is 23.1 Å². The van der Waals surface area contributed by atoms with E-state index in [-0.39, 0.29) is 28.6 Å². The number of piperidine rings is 1. The fraction of sp³-hybridized carbons (Fsp3) is 0.538. The van der Waals surface area contributed by atoms with Crippen molar-refractivity contribution >= 4 is 11.6 Å². The number of benzene rings is 1. The Labute approximate surface area is 202 Å². The van der Waals surface area contributed by atoms with Crippen LogP contribution in [0.1, 0.15) is 67.2 Å². The number of carbonyl (C=O) groups excluding carboxylic acids is 1. The lowest BCUT2D eigenvalue weighted by molar-refractivity contribution is 0.0939. The number of likely N-dealkylation sites (tertiary alicyclic amines) is 1. The number of anilines is 1. The SMILES string of the molecule is C[C@@H](NC(=O)c1cn([C@H]2CC2(C)C)c(=O)cc1NC1[C@H]2CN(C)C[C@@H]12)c1cccc(C(F)F)c1F. The average Bonchev–Trinajstić information content (AvgIpc) is 3.54. The number of amides is 1. The second-order valence-electron chi connectivity index (χ2n) is 11.0. The van der Waals surface area contributed by atoms with Crippen LogP contribution in [0.5, 0.6) is 0 Å². The summed E-state index contributed by atoms with van der Waals surface area (Å²) >= 11 is 0. The van der Waals surface area contributed by atoms with Crippen LogP contribution >= 0.6 is 0 Å². The van der Waals surface area contributed by atoms with Gasteiger partial charge in [-0.05, 0) is 37.6 Å². The lowest BCUT2D eigenvalue weighted by Crippen LogP contribution is -2.32. The van der Waals surface area contributed by atoms with Gasteiger partial charge in [0.05, 0.1) is 22.9 Å². The summed E-state index contributed by atoms with van der Waals surface area (Å²) in [6.45, 7) is 7.62. The summed E-state index contributed by atoms with van der Waals surface area (Å²) in [5.41, 5.74) is -0.160. The largest absolute Gasteiger partial charge is 0.381 e. The van der Waals surface area contributed by atoms with Crippen molar-refractivity contribution in [3.05, 3.63) is 63.3 Å². The van der Waals surface area contributed by atoms with Crippen molar-refractivity contribution in [3.8, 4) is 0 Å². The number of carbonyl (C=O) groups is 1. The topological polar surface area (TPSA) is 66.4 Å². The fourth-order valence-corrected chi connectivity index (χ4v) is 5.56. The molecule has 2 heterocycles. The van der Waals surface area contributed by atoms with Gasteiger partial charge in [-0.25, -0.2) is 13.2 Å². The Kier molecular flexibility index (Phi) is 5.74. The summed E-state index contributed by atoms with van der Waals surface area (Å²) in [4.78, 5) is 28.6. The first kappa shape index (κ1) is 23.9. The number of aromatic nitrogens is 1. The van der Waals surface area contributed by atoms with E-state index in [2.05, 4.69) is 36.4 Å². The molecule has 1 saturated heterocycles. The molecule has 2 N–H and O–H groups in total. The Morgan fingerprint density at radius 3 is 2.40 bits per heavy atom. The first-order valence-electron chi connectivity index (χ1n) is 12.1. The summed E-state index contributed by atoms with van der Waals surface area (Å²) in [5.74, 6) is -0.554. The average molecular weight is 489 g/mol. The molecule has 3 aliphatic rings. The predicted octanol–water partition coefficient (Wildman–Crippen LogP) is 4.36. The van der Waals surface area contributed by atoms with Crippen LogP contribution in [-0.2, 0) is 0 Å². The Bertz CT molecular complexity index is 1220. The molecule has 2 aliphatic carbocycles. The number of hydrogen-bond acceptors (Lipinski definition) is 4. The number of halogens is 3. The number of hydrogen-bond donors (Lipinski definition) is 2. The van der Waals surface area contributed by atoms with Gasteiger partial charge in [0.1, 0.15) is 5.82 Å². The minimum Gasteiger partial charge on any atom is -0.381 e. The number of fused-ring (bicyclic) bond motifs is 1. The summed E-state index contributed by atoms with van der Waals surface area (Å²) in [6, 6.07) is 4.61. The van der Waals surface area contributed by atoms with Crippen LogP contribution < -0.4 is 16.2 Å². The van der Waals surface area contributed by atoms with Crippen molar-refractivity contribution in [3.63, 3.8) is 0 Å². The molecule has 1 unspecified atom stereocenters. The van der Waals surface area contributed by atoms with Gasteiger partial charge in [0, 0.05) is 43.0 Å². The van der Waals surface area contributed by atoms with Gasteiger partial charge in [-0.15, -0.1) is 0 Å². The first-order chi connectivity index (χ1) is 16.5. The van der Waals surface area contributed by atoms with Crippen molar-refractivity contribution in [2.24, 2.45) is 17.3 Å². The minimum absolute atomic E-state index is 0.00199. The van der Waals surface area contributed by atoms with Crippen molar-refractivity contribution in [1.29, 1.82) is 0 Å². The van der Waals surface area contributed by atoms with Crippen LogP contribution in [0.25, 0.3) is 0 Å². The highest BCUT2D eigenvalue weighted by molar-refractivity contribution is 5.99. The van der Waals surface area contributed by atoms with Crippen molar-refractivity contribution in [1.82, 2.24) is 14.8 Å². The van der Waals surface area contributed by atoms with Gasteiger partial charge in [-0.3, -0.25) is 9.59 Å². The maximum absolute atomic E-state index is 14.7. The highest BCUT2D eigenvalue weighted by Crippen LogP contribution is 2.55. The molecular formula is C26H31F3N4O2. The Morgan fingerprint density at radius 1 is 1.17 bits per heavy atom. The molecule has 0 radical (unpaired) electrons. The third-order valence-corrected chi connectivity index (χ3v) is 7.93. The van der Waals surface area contributed by atoms with Crippen LogP contribution in [0.3, 0.4) is 0 Å². The number of nitrogens with one attached hydrogen (secondary N) is 2. The zero-order valence-electron chi connectivity index (χ0n) is 20.3. The van der Waals surface area contributed by atoms with Crippen molar-refractivity contribution in [2.75, 3.05) is 25.5 Å². The third kappa shape index (κ3) is 4.35. The molecule has 5 rings (SSSR count). The Hall–Kier alpha value is -2.81. The molecule has 1 aromatic heterocycles. The molecule has 6 nitrogen and oxygen atoms in total. The van der Waals surface area contributed by atoms with Gasteiger partial charge in [-0.2, -0.15) is 0 Å². The highest BCUT2D eigenvalue weighted by atomic mass is 19.3. The summed E-state index contributed by atoms with van der Waals surface area (Å²) in [5, 5.41) is 6.16. The summed E-state index contributed by atoms with van der Waals surface area (Å²) < 4.78 is 42.6. The maximum Gasteiger partial charge on any atom is 0.266 e. The molecule has 2 aromatic rings. The van der Waals surface area contributed by atoms with Gasteiger partial charge in [0.15, 0.2) is 0 Å². The normalized spacial score (nSPS) is 27.4. The molecule has 188 valence electrons. The number of rotatable bonds is 7. The Balaban J connectivity index is 1.43. The van der Waals surface area contributed by atoms with Crippen LogP contribution in [0.15, 0.2) is 35.3 Å². The molecule has 1 aliphatic heterocycles. The monoisotopic (exact) mass is 488 g/mol. The van der Waals surface area contributed by atoms with E-state index >= 15 is 0 Å². The van der Waals surface area contributed by atoms with Crippen molar-refractivity contribution in [2.45, 2.75) is 51.7 Å². The van der Waals surface area contributed by atoms with Crippen molar-refractivity contribution < 1.29 is 18.0 Å². The van der Waals surface area contributed by atoms with E-state index in [1.165, 1.54) is 18.2 Å². The minimum atomic E-state index is -2.95. The van der Waals surface area contributed by atoms with Crippen LogP contribution in [-0.4, -0.2) is 41.6 Å². The Morgan fingerprint density at radius 2 is 1.80 bits per heavy atom. The van der Waals surface area contributed by atoms with E-state index in [0.29, 0.717) is 23.1 Å². The third-order valence-electron chi connectivity index (χ3n) is 7.93. The van der Waals surface area contributed by atoms with E-state index in [0.717, 1.165) is 25.6 Å². The zero-order chi connectivity index (χ0) is 25.2. The maximum atomic E-state index is 14.7. The number of pyridine rings is 1. The van der Waals surface area contributed by atoms with Crippen LogP contribution in [0.4, 0.5) is 18.9 Å². The van der Waals surface area contributed by atoms with Gasteiger partial charge in [0.25, 0.3) is 17.9 Å². The highest BCUT2D eigenvalue weighted by Gasteiger charge is 2.55. The molecule has 35 heavy (non-hydrogen) atoms. The standard InChI is InChI=1S/C26H31F3N4O2/c1-13(14-6-5-7-15(22(14)27)24(28)29)30-25(35)18-12-33(20-9-26(20,2)3)21(34)8-19(18)31-23-16-10-32(4)11-17(16)23/h5-8,12-13,16-17,20,23-24,31H,9-11H2,1-4H3,(H,30,35)/t13-,16-,17+,20+,23?/m1/s1. The summed E-state index contributed by atoms with van der Waals surface area (Å²) in [6.07, 6.45) is -0.527. The summed E-state index contributed by atoms with van der Waals surface area (Å²) in [7, 11) is 2.07. The lowest BCUT2D eigenvalue weighted by atomic mass is 10.0. The molecule has 1 amide bonds. The second-order valence-corrected chi connectivity index (χ2v) is 11.0. The second kappa shape index (κ2) is 8.40. The molecule has 3 fully saturated rings. The van der Waals surface area contributed by atoms with Gasteiger partial charge in [-0.1, -0.05) is 32.0 Å². The van der Waals surface area contributed by atoms with E-state index < -0.39 is 29.8 Å². The fourth-order valence-electron chi connectivity index (χ4n) is 5.56. The van der Waals surface area contributed by atoms with E-state index in [1.54, 1.807) is 17.7 Å². The quantitative estimate of drug-likeness (QED) is 0.608. The van der Waals surface area contributed by atoms with Gasteiger partial charge in [0.2, 0.25) is 0 Å². The lowest BCUT2D eigenvalue weighted by Gasteiger charge is -2.20. The zero-order valence-corrected chi connectivity index (χ0v) is 20.3. The molecule has 0 spiro atoms. The smallest absolute Gasteiger partial charge is 0.266 e. The van der Waals surface area contributed by atoms with Gasteiger partial charge < -0.3 is 20.1 Å². The molecule has 1 aromatic carbocycles. The molecule has 2 saturated carbocycles. The van der Waals surface area contributed by atoms with Gasteiger partial charge >= 0.3 is 0 Å². The number of alkyl halides is 2. The predicted molar refractivity (Wildman–Crippen MR) is 127 cm³/mol.